The molecule has 1 aliphatic rings. The van der Waals surface area contributed by atoms with Crippen LogP contribution < -0.4 is 0 Å². The lowest BCUT2D eigenvalue weighted by Gasteiger charge is -1.88. The van der Waals surface area contributed by atoms with E-state index in [1.165, 1.54) is 0 Å². The molecule has 0 atom stereocenters. The van der Waals surface area contributed by atoms with E-state index in [4.69, 9.17) is 0 Å². The third kappa shape index (κ3) is 4.73. The van der Waals surface area contributed by atoms with Gasteiger partial charge in [-0.3, -0.25) is 0 Å². The molecule has 0 aliphatic heterocycles. The number of allylic oxidation sites excluding steroid dienone is 8. The second kappa shape index (κ2) is 6.66. The van der Waals surface area contributed by atoms with E-state index in [0.717, 1.165) is 19.3 Å². The van der Waals surface area contributed by atoms with E-state index in [9.17, 15) is 0 Å². The third-order valence-corrected chi connectivity index (χ3v) is 1.66. The van der Waals surface area contributed by atoms with Gasteiger partial charge in [0, 0.05) is 6.42 Å². The second-order valence-electron chi connectivity index (χ2n) is 2.72. The summed E-state index contributed by atoms with van der Waals surface area (Å²) in [7, 11) is 0. The predicted octanol–water partition coefficient (Wildman–Crippen LogP) is 3.60. The molecule has 0 heteroatoms. The van der Waals surface area contributed by atoms with E-state index in [-0.39, 0.29) is 0 Å². The number of rotatable bonds is 0. The van der Waals surface area contributed by atoms with Crippen LogP contribution in [0.2, 0.25) is 0 Å². The van der Waals surface area contributed by atoms with Gasteiger partial charge in [-0.2, -0.15) is 0 Å². The van der Waals surface area contributed by atoms with E-state index >= 15 is 0 Å². The molecule has 0 heterocycles. The third-order valence-electron chi connectivity index (χ3n) is 1.66. The molecule has 0 aromatic heterocycles. The van der Waals surface area contributed by atoms with Crippen LogP contribution in [0.3, 0.4) is 0 Å². The Bertz CT molecular complexity index is 180. The molecule has 63 valence electrons. The van der Waals surface area contributed by atoms with E-state index in [1.54, 1.807) is 0 Å². The minimum Gasteiger partial charge on any atom is -0.0879 e. The fourth-order valence-corrected chi connectivity index (χ4v) is 1.01. The van der Waals surface area contributed by atoms with Crippen molar-refractivity contribution in [2.45, 2.75) is 19.3 Å². The molecule has 0 aromatic rings. The van der Waals surface area contributed by atoms with Crippen molar-refractivity contribution in [1.29, 1.82) is 0 Å². The van der Waals surface area contributed by atoms with Crippen molar-refractivity contribution in [3.63, 3.8) is 0 Å². The van der Waals surface area contributed by atoms with Crippen LogP contribution in [0.4, 0.5) is 0 Å². The molecule has 1 rings (SSSR count). The molecule has 0 nitrogen and oxygen atoms in total. The molecule has 1 aliphatic carbocycles. The molecule has 0 saturated carbocycles. The van der Waals surface area contributed by atoms with Crippen molar-refractivity contribution in [1.82, 2.24) is 0 Å². The molecule has 0 bridgehead atoms. The minimum absolute atomic E-state index is 1.05. The Morgan fingerprint density at radius 1 is 0.583 bits per heavy atom. The summed E-state index contributed by atoms with van der Waals surface area (Å²) in [5.74, 6) is 0. The van der Waals surface area contributed by atoms with Gasteiger partial charge in [0.25, 0.3) is 0 Å². The summed E-state index contributed by atoms with van der Waals surface area (Å²) in [6.45, 7) is 0. The summed E-state index contributed by atoms with van der Waals surface area (Å²) >= 11 is 0. The van der Waals surface area contributed by atoms with Crippen molar-refractivity contribution < 1.29 is 0 Å². The Hall–Kier alpha value is -1.04. The number of hydrogen-bond acceptors (Lipinski definition) is 0. The van der Waals surface area contributed by atoms with Crippen molar-refractivity contribution in [3.8, 4) is 0 Å². The first kappa shape index (κ1) is 9.05. The van der Waals surface area contributed by atoms with Crippen LogP contribution in [-0.4, -0.2) is 0 Å². The lowest BCUT2D eigenvalue weighted by Crippen LogP contribution is -1.68. The topological polar surface area (TPSA) is 0 Å². The molecule has 0 N–H and O–H groups in total. The lowest BCUT2D eigenvalue weighted by atomic mass is 10.2. The standard InChI is InChI=1S/C12H15/c1-2-4-6-8-10-12-11-9-7-5-3-1/h1-7,10,12H,8-9,11H2/b2-1+,6-4-,7-5-,12-10-. The van der Waals surface area contributed by atoms with Gasteiger partial charge in [-0.15, -0.1) is 0 Å². The molecular formula is C12H15. The fraction of sp³-hybridized carbons (Fsp3) is 0.250. The number of hydrogen-bond donors (Lipinski definition) is 0. The van der Waals surface area contributed by atoms with Crippen LogP contribution >= 0.6 is 0 Å². The van der Waals surface area contributed by atoms with Crippen LogP contribution in [0.1, 0.15) is 19.3 Å². The lowest BCUT2D eigenvalue weighted by molar-refractivity contribution is 1.04. The highest BCUT2D eigenvalue weighted by molar-refractivity contribution is 5.15. The predicted molar refractivity (Wildman–Crippen MR) is 54.7 cm³/mol. The summed E-state index contributed by atoms with van der Waals surface area (Å²) in [4.78, 5) is 0. The molecule has 0 amide bonds. The zero-order valence-corrected chi connectivity index (χ0v) is 7.32. The Morgan fingerprint density at radius 3 is 2.50 bits per heavy atom. The van der Waals surface area contributed by atoms with Gasteiger partial charge in [-0.1, -0.05) is 48.6 Å². The Balaban J connectivity index is 2.41. The van der Waals surface area contributed by atoms with Gasteiger partial charge in [0.15, 0.2) is 0 Å². The first-order valence-electron chi connectivity index (χ1n) is 4.47. The van der Waals surface area contributed by atoms with Crippen LogP contribution in [0.15, 0.2) is 48.6 Å². The summed E-state index contributed by atoms with van der Waals surface area (Å²) in [5.41, 5.74) is 0. The second-order valence-corrected chi connectivity index (χ2v) is 2.72. The molecule has 1 radical (unpaired) electrons. The van der Waals surface area contributed by atoms with Gasteiger partial charge in [0.05, 0.1) is 0 Å². The first-order chi connectivity index (χ1) is 6.00. The SMILES string of the molecule is [CH]1/C=C\CC/C=C\C/C=C\C=C\1. The van der Waals surface area contributed by atoms with Crippen molar-refractivity contribution in [3.05, 3.63) is 55.0 Å². The molecule has 12 heavy (non-hydrogen) atoms. The van der Waals surface area contributed by atoms with E-state index in [2.05, 4.69) is 55.0 Å². The van der Waals surface area contributed by atoms with Crippen LogP contribution in [0.5, 0.6) is 0 Å². The average molecular weight is 159 g/mol. The highest BCUT2D eigenvalue weighted by atomic mass is 13.8. The van der Waals surface area contributed by atoms with Gasteiger partial charge >= 0.3 is 0 Å². The molecule has 0 aromatic carbocycles. The maximum absolute atomic E-state index is 2.24. The Morgan fingerprint density at radius 2 is 1.50 bits per heavy atom. The van der Waals surface area contributed by atoms with E-state index in [1.807, 2.05) is 0 Å². The van der Waals surface area contributed by atoms with E-state index < -0.39 is 0 Å². The van der Waals surface area contributed by atoms with Crippen LogP contribution in [0.25, 0.3) is 0 Å². The normalized spacial score (nSPS) is 29.3. The van der Waals surface area contributed by atoms with E-state index in [0.29, 0.717) is 0 Å². The first-order valence-corrected chi connectivity index (χ1v) is 4.47. The molecular weight excluding hydrogens is 144 g/mol. The Labute approximate surface area is 75.0 Å². The highest BCUT2D eigenvalue weighted by Gasteiger charge is 1.78. The maximum atomic E-state index is 2.24. The van der Waals surface area contributed by atoms with Gasteiger partial charge in [0.2, 0.25) is 0 Å². The monoisotopic (exact) mass is 159 g/mol. The fourth-order valence-electron chi connectivity index (χ4n) is 1.01. The minimum atomic E-state index is 1.05. The van der Waals surface area contributed by atoms with Crippen molar-refractivity contribution in [2.24, 2.45) is 0 Å². The summed E-state index contributed by atoms with van der Waals surface area (Å²) in [6.07, 6.45) is 22.5. The van der Waals surface area contributed by atoms with Crippen LogP contribution in [0, 0.1) is 6.42 Å². The zero-order valence-electron chi connectivity index (χ0n) is 7.32. The quantitative estimate of drug-likeness (QED) is 0.474. The van der Waals surface area contributed by atoms with Gasteiger partial charge < -0.3 is 0 Å². The zero-order chi connectivity index (χ0) is 8.49. The van der Waals surface area contributed by atoms with Gasteiger partial charge in [0.1, 0.15) is 0 Å². The Kier molecular flexibility index (Phi) is 5.02. The molecule has 0 fully saturated rings. The smallest absolute Gasteiger partial charge is 0.00473 e. The largest absolute Gasteiger partial charge is 0.0879 e. The van der Waals surface area contributed by atoms with Gasteiger partial charge in [-0.25, -0.2) is 0 Å². The van der Waals surface area contributed by atoms with Crippen molar-refractivity contribution in [2.75, 3.05) is 0 Å². The summed E-state index contributed by atoms with van der Waals surface area (Å²) < 4.78 is 0. The average Bonchev–Trinajstić information content (AvgIpc) is 2.05. The highest BCUT2D eigenvalue weighted by Crippen LogP contribution is 1.98. The van der Waals surface area contributed by atoms with Crippen molar-refractivity contribution >= 4 is 0 Å². The molecule has 0 spiro atoms. The molecule has 0 unspecified atom stereocenters. The maximum Gasteiger partial charge on any atom is 0.00473 e. The molecule has 0 saturated heterocycles. The summed E-state index contributed by atoms with van der Waals surface area (Å²) in [5, 5.41) is 0. The van der Waals surface area contributed by atoms with Crippen LogP contribution in [-0.2, 0) is 0 Å². The summed E-state index contributed by atoms with van der Waals surface area (Å²) in [6, 6.07) is 0. The van der Waals surface area contributed by atoms with Gasteiger partial charge in [-0.05, 0) is 19.3 Å².